The fraction of sp³-hybridized carbons (Fsp3) is 0.625. The van der Waals surface area contributed by atoms with Crippen LogP contribution in [0.15, 0.2) is 18.2 Å². The molecular weight excluding hydrogens is 254 g/mol. The Hall–Kier alpha value is -1.26. The number of rotatable bonds is 6. The Morgan fingerprint density at radius 3 is 2.50 bits per heavy atom. The van der Waals surface area contributed by atoms with Crippen LogP contribution in [0.3, 0.4) is 0 Å². The standard InChI is InChI=1S/C16H25NO3/c1-11(2)8-14(10-18)17-12(3)13-4-5-15-16(9-13)20-7-6-19-15/h4-5,9,11-12,14,17-18H,6-8,10H2,1-3H3. The minimum atomic E-state index is 0.123. The molecule has 2 rings (SSSR count). The summed E-state index contributed by atoms with van der Waals surface area (Å²) in [5.74, 6) is 2.19. The summed E-state index contributed by atoms with van der Waals surface area (Å²) in [5.41, 5.74) is 1.15. The lowest BCUT2D eigenvalue weighted by Gasteiger charge is -2.25. The van der Waals surface area contributed by atoms with E-state index < -0.39 is 0 Å². The molecule has 0 saturated heterocycles. The highest BCUT2D eigenvalue weighted by molar-refractivity contribution is 5.44. The number of benzene rings is 1. The monoisotopic (exact) mass is 279 g/mol. The van der Waals surface area contributed by atoms with E-state index >= 15 is 0 Å². The van der Waals surface area contributed by atoms with Gasteiger partial charge in [-0.2, -0.15) is 0 Å². The number of nitrogens with one attached hydrogen (secondary N) is 1. The number of aliphatic hydroxyl groups is 1. The molecule has 0 aromatic heterocycles. The normalized spacial score (nSPS) is 17.1. The number of hydrogen-bond acceptors (Lipinski definition) is 4. The van der Waals surface area contributed by atoms with Gasteiger partial charge >= 0.3 is 0 Å². The molecule has 1 aromatic rings. The fourth-order valence-electron chi connectivity index (χ4n) is 2.54. The van der Waals surface area contributed by atoms with Crippen molar-refractivity contribution in [3.8, 4) is 11.5 Å². The lowest BCUT2D eigenvalue weighted by atomic mass is 10.0. The Bertz CT molecular complexity index is 434. The topological polar surface area (TPSA) is 50.7 Å². The highest BCUT2D eigenvalue weighted by atomic mass is 16.6. The molecule has 0 amide bonds. The highest BCUT2D eigenvalue weighted by Crippen LogP contribution is 2.32. The first-order valence-corrected chi connectivity index (χ1v) is 7.36. The van der Waals surface area contributed by atoms with Crippen molar-refractivity contribution in [2.45, 2.75) is 39.3 Å². The predicted molar refractivity (Wildman–Crippen MR) is 79.3 cm³/mol. The fourth-order valence-corrected chi connectivity index (χ4v) is 2.54. The number of fused-ring (bicyclic) bond motifs is 1. The third kappa shape index (κ3) is 3.87. The average Bonchev–Trinajstić information content (AvgIpc) is 2.45. The molecule has 112 valence electrons. The van der Waals surface area contributed by atoms with Crippen LogP contribution < -0.4 is 14.8 Å². The van der Waals surface area contributed by atoms with Gasteiger partial charge in [-0.3, -0.25) is 0 Å². The molecule has 0 fully saturated rings. The quantitative estimate of drug-likeness (QED) is 0.840. The van der Waals surface area contributed by atoms with Crippen LogP contribution in [0.5, 0.6) is 11.5 Å². The second-order valence-corrected chi connectivity index (χ2v) is 5.80. The zero-order chi connectivity index (χ0) is 14.5. The maximum Gasteiger partial charge on any atom is 0.161 e. The lowest BCUT2D eigenvalue weighted by molar-refractivity contribution is 0.171. The van der Waals surface area contributed by atoms with Gasteiger partial charge in [-0.15, -0.1) is 0 Å². The van der Waals surface area contributed by atoms with Gasteiger partial charge in [0.2, 0.25) is 0 Å². The van der Waals surface area contributed by atoms with Crippen molar-refractivity contribution in [2.24, 2.45) is 5.92 Å². The predicted octanol–water partition coefficient (Wildman–Crippen LogP) is 2.52. The van der Waals surface area contributed by atoms with Gasteiger partial charge in [-0.05, 0) is 37.0 Å². The van der Waals surface area contributed by atoms with E-state index in [2.05, 4.69) is 32.2 Å². The van der Waals surface area contributed by atoms with Gasteiger partial charge in [-0.1, -0.05) is 19.9 Å². The molecule has 0 bridgehead atoms. The smallest absolute Gasteiger partial charge is 0.161 e. The van der Waals surface area contributed by atoms with Crippen molar-refractivity contribution in [2.75, 3.05) is 19.8 Å². The summed E-state index contributed by atoms with van der Waals surface area (Å²) < 4.78 is 11.1. The molecule has 20 heavy (non-hydrogen) atoms. The van der Waals surface area contributed by atoms with Gasteiger partial charge in [0, 0.05) is 12.1 Å². The van der Waals surface area contributed by atoms with Crippen LogP contribution >= 0.6 is 0 Å². The van der Waals surface area contributed by atoms with Crippen LogP contribution in [0.4, 0.5) is 0 Å². The minimum absolute atomic E-state index is 0.123. The zero-order valence-electron chi connectivity index (χ0n) is 12.6. The summed E-state index contributed by atoms with van der Waals surface area (Å²) in [7, 11) is 0. The molecule has 2 N–H and O–H groups in total. The summed E-state index contributed by atoms with van der Waals surface area (Å²) in [5, 5.41) is 12.9. The molecule has 2 unspecified atom stereocenters. The van der Waals surface area contributed by atoms with E-state index in [1.807, 2.05) is 12.1 Å². The maximum absolute atomic E-state index is 9.46. The van der Waals surface area contributed by atoms with Crippen LogP contribution in [-0.2, 0) is 0 Å². The summed E-state index contributed by atoms with van der Waals surface area (Å²) >= 11 is 0. The van der Waals surface area contributed by atoms with E-state index in [0.717, 1.165) is 23.5 Å². The Balaban J connectivity index is 2.02. The third-order valence-electron chi connectivity index (χ3n) is 3.53. The van der Waals surface area contributed by atoms with Crippen LogP contribution in [0, 0.1) is 5.92 Å². The van der Waals surface area contributed by atoms with Crippen molar-refractivity contribution in [1.82, 2.24) is 5.32 Å². The third-order valence-corrected chi connectivity index (χ3v) is 3.53. The first-order chi connectivity index (χ1) is 9.60. The number of aliphatic hydroxyl groups excluding tert-OH is 1. The van der Waals surface area contributed by atoms with Gasteiger partial charge in [-0.25, -0.2) is 0 Å². The lowest BCUT2D eigenvalue weighted by Crippen LogP contribution is -2.35. The van der Waals surface area contributed by atoms with Gasteiger partial charge in [0.1, 0.15) is 13.2 Å². The van der Waals surface area contributed by atoms with Crippen LogP contribution in [-0.4, -0.2) is 31.0 Å². The van der Waals surface area contributed by atoms with Crippen LogP contribution in [0.25, 0.3) is 0 Å². The van der Waals surface area contributed by atoms with E-state index in [4.69, 9.17) is 9.47 Å². The summed E-state index contributed by atoms with van der Waals surface area (Å²) in [6.45, 7) is 7.81. The van der Waals surface area contributed by atoms with Gasteiger partial charge in [0.05, 0.1) is 6.61 Å². The minimum Gasteiger partial charge on any atom is -0.486 e. The van der Waals surface area contributed by atoms with Crippen molar-refractivity contribution in [1.29, 1.82) is 0 Å². The Kier molecular flexibility index (Phi) is 5.26. The van der Waals surface area contributed by atoms with Crippen molar-refractivity contribution < 1.29 is 14.6 Å². The molecule has 1 aliphatic rings. The second-order valence-electron chi connectivity index (χ2n) is 5.80. The second kappa shape index (κ2) is 6.95. The first kappa shape index (κ1) is 15.1. The summed E-state index contributed by atoms with van der Waals surface area (Å²) in [4.78, 5) is 0. The van der Waals surface area contributed by atoms with E-state index in [0.29, 0.717) is 19.1 Å². The Labute approximate surface area is 121 Å². The molecule has 1 heterocycles. The first-order valence-electron chi connectivity index (χ1n) is 7.36. The summed E-state index contributed by atoms with van der Waals surface area (Å²) in [6.07, 6.45) is 0.964. The van der Waals surface area contributed by atoms with Crippen molar-refractivity contribution in [3.05, 3.63) is 23.8 Å². The molecule has 1 aliphatic heterocycles. The largest absolute Gasteiger partial charge is 0.486 e. The molecule has 2 atom stereocenters. The molecule has 4 heteroatoms. The maximum atomic E-state index is 9.46. The number of ether oxygens (including phenoxy) is 2. The molecule has 1 aromatic carbocycles. The van der Waals surface area contributed by atoms with Crippen LogP contribution in [0.1, 0.15) is 38.8 Å². The van der Waals surface area contributed by atoms with Gasteiger partial charge in [0.15, 0.2) is 11.5 Å². The molecule has 0 aliphatic carbocycles. The van der Waals surface area contributed by atoms with E-state index in [9.17, 15) is 5.11 Å². The molecule has 4 nitrogen and oxygen atoms in total. The average molecular weight is 279 g/mol. The molecular formula is C16H25NO3. The summed E-state index contributed by atoms with van der Waals surface area (Å²) in [6, 6.07) is 6.32. The van der Waals surface area contributed by atoms with Gasteiger partial charge < -0.3 is 19.9 Å². The molecule has 0 spiro atoms. The molecule has 0 saturated carbocycles. The van der Waals surface area contributed by atoms with E-state index in [1.54, 1.807) is 0 Å². The van der Waals surface area contributed by atoms with Crippen molar-refractivity contribution in [3.63, 3.8) is 0 Å². The van der Waals surface area contributed by atoms with E-state index in [1.165, 1.54) is 0 Å². The number of hydrogen-bond donors (Lipinski definition) is 2. The Morgan fingerprint density at radius 1 is 1.15 bits per heavy atom. The zero-order valence-corrected chi connectivity index (χ0v) is 12.6. The highest BCUT2D eigenvalue weighted by Gasteiger charge is 2.17. The van der Waals surface area contributed by atoms with Gasteiger partial charge in [0.25, 0.3) is 0 Å². The van der Waals surface area contributed by atoms with Crippen LogP contribution in [0.2, 0.25) is 0 Å². The van der Waals surface area contributed by atoms with E-state index in [-0.39, 0.29) is 18.7 Å². The van der Waals surface area contributed by atoms with Crippen molar-refractivity contribution >= 4 is 0 Å². The molecule has 0 radical (unpaired) electrons. The Morgan fingerprint density at radius 2 is 1.85 bits per heavy atom. The SMILES string of the molecule is CC(C)CC(CO)NC(C)c1ccc2c(c1)OCCO2.